The van der Waals surface area contributed by atoms with Gasteiger partial charge in [-0.05, 0) is 55.9 Å². The van der Waals surface area contributed by atoms with E-state index in [1.54, 1.807) is 31.4 Å². The van der Waals surface area contributed by atoms with Crippen LogP contribution in [-0.4, -0.2) is 72.3 Å². The molecule has 2 aliphatic rings. The number of carbonyl (C=O) groups excluding carboxylic acids is 1. The average Bonchev–Trinajstić information content (AvgIpc) is 2.79. The topological polar surface area (TPSA) is 97.0 Å². The lowest BCUT2D eigenvalue weighted by atomic mass is 9.81. The Morgan fingerprint density at radius 2 is 1.80 bits per heavy atom. The predicted octanol–water partition coefficient (Wildman–Crippen LogP) is 1.23. The van der Waals surface area contributed by atoms with Crippen LogP contribution in [0, 0.1) is 11.8 Å². The molecule has 1 aliphatic heterocycles. The molecule has 1 aliphatic carbocycles. The van der Waals surface area contributed by atoms with E-state index >= 15 is 0 Å². The molecular formula is C21H33N3O5S. The van der Waals surface area contributed by atoms with Gasteiger partial charge in [-0.3, -0.25) is 9.69 Å². The lowest BCUT2D eigenvalue weighted by molar-refractivity contribution is -0.126. The Hall–Kier alpha value is -1.68. The number of ether oxygens (including phenoxy) is 2. The molecule has 1 aromatic carbocycles. The van der Waals surface area contributed by atoms with Crippen molar-refractivity contribution in [2.24, 2.45) is 11.8 Å². The van der Waals surface area contributed by atoms with Crippen molar-refractivity contribution < 1.29 is 22.7 Å². The van der Waals surface area contributed by atoms with Crippen molar-refractivity contribution in [3.8, 4) is 5.75 Å². The molecule has 1 aromatic rings. The van der Waals surface area contributed by atoms with E-state index in [9.17, 15) is 13.2 Å². The minimum atomic E-state index is -3.54. The Balaban J connectivity index is 1.35. The van der Waals surface area contributed by atoms with Crippen LogP contribution in [0.2, 0.25) is 0 Å². The number of sulfonamides is 1. The number of nitrogens with zero attached hydrogens (tertiary/aromatic N) is 1. The summed E-state index contributed by atoms with van der Waals surface area (Å²) in [7, 11) is -1.99. The van der Waals surface area contributed by atoms with Gasteiger partial charge in [-0.2, -0.15) is 0 Å². The van der Waals surface area contributed by atoms with Crippen molar-refractivity contribution in [3.05, 3.63) is 24.3 Å². The Bertz CT molecular complexity index is 770. The maximum atomic E-state index is 12.5. The standard InChI is InChI=1S/C21H33N3O5S/c1-28-19-6-8-20(9-7-19)30(26,27)23-16-17-2-4-18(5-3-17)21(25)22-10-11-24-12-14-29-15-13-24/h6-9,17-18,23H,2-5,10-16H2,1H3,(H,22,25). The smallest absolute Gasteiger partial charge is 0.240 e. The van der Waals surface area contributed by atoms with Crippen LogP contribution in [0.25, 0.3) is 0 Å². The molecule has 0 radical (unpaired) electrons. The van der Waals surface area contributed by atoms with E-state index in [2.05, 4.69) is 14.9 Å². The number of rotatable bonds is 9. The third kappa shape index (κ3) is 6.66. The molecule has 1 amide bonds. The molecule has 9 heteroatoms. The highest BCUT2D eigenvalue weighted by Gasteiger charge is 2.27. The molecule has 2 N–H and O–H groups in total. The Morgan fingerprint density at radius 3 is 2.43 bits per heavy atom. The number of amides is 1. The van der Waals surface area contributed by atoms with Gasteiger partial charge in [-0.25, -0.2) is 13.1 Å². The normalized spacial score (nSPS) is 23.1. The SMILES string of the molecule is COc1ccc(S(=O)(=O)NCC2CCC(C(=O)NCCN3CCOCC3)CC2)cc1. The zero-order valence-corrected chi connectivity index (χ0v) is 18.5. The predicted molar refractivity (Wildman–Crippen MR) is 114 cm³/mol. The first-order valence-electron chi connectivity index (χ1n) is 10.7. The van der Waals surface area contributed by atoms with E-state index in [4.69, 9.17) is 9.47 Å². The molecule has 30 heavy (non-hydrogen) atoms. The number of methoxy groups -OCH3 is 1. The molecule has 168 valence electrons. The largest absolute Gasteiger partial charge is 0.497 e. The van der Waals surface area contributed by atoms with E-state index in [-0.39, 0.29) is 22.6 Å². The summed E-state index contributed by atoms with van der Waals surface area (Å²) in [5, 5.41) is 3.06. The van der Waals surface area contributed by atoms with E-state index in [1.807, 2.05) is 0 Å². The van der Waals surface area contributed by atoms with Gasteiger partial charge in [0.2, 0.25) is 15.9 Å². The average molecular weight is 440 g/mol. The van der Waals surface area contributed by atoms with Crippen molar-refractivity contribution >= 4 is 15.9 Å². The Kier molecular flexibility index (Phi) is 8.50. The quantitative estimate of drug-likeness (QED) is 0.601. The minimum absolute atomic E-state index is 0.0316. The van der Waals surface area contributed by atoms with Gasteiger partial charge in [0, 0.05) is 38.6 Å². The third-order valence-corrected chi connectivity index (χ3v) is 7.42. The molecule has 0 spiro atoms. The zero-order valence-electron chi connectivity index (χ0n) is 17.6. The van der Waals surface area contributed by atoms with Gasteiger partial charge in [-0.15, -0.1) is 0 Å². The number of benzene rings is 1. The monoisotopic (exact) mass is 439 g/mol. The molecule has 1 saturated carbocycles. The third-order valence-electron chi connectivity index (χ3n) is 5.98. The summed E-state index contributed by atoms with van der Waals surface area (Å²) in [6.07, 6.45) is 3.32. The first kappa shape index (κ1) is 23.0. The highest BCUT2D eigenvalue weighted by Crippen LogP contribution is 2.29. The summed E-state index contributed by atoms with van der Waals surface area (Å²) in [6.45, 7) is 5.30. The van der Waals surface area contributed by atoms with Crippen molar-refractivity contribution in [1.29, 1.82) is 0 Å². The van der Waals surface area contributed by atoms with Crippen molar-refractivity contribution in [2.45, 2.75) is 30.6 Å². The second-order valence-corrected chi connectivity index (χ2v) is 9.76. The van der Waals surface area contributed by atoms with Gasteiger partial charge in [-0.1, -0.05) is 0 Å². The summed E-state index contributed by atoms with van der Waals surface area (Å²) in [4.78, 5) is 15.0. The van der Waals surface area contributed by atoms with Gasteiger partial charge >= 0.3 is 0 Å². The Labute approximate surface area is 179 Å². The van der Waals surface area contributed by atoms with Gasteiger partial charge in [0.25, 0.3) is 0 Å². The van der Waals surface area contributed by atoms with Crippen LogP contribution in [0.1, 0.15) is 25.7 Å². The number of nitrogens with one attached hydrogen (secondary N) is 2. The second-order valence-electron chi connectivity index (χ2n) is 7.99. The first-order valence-corrected chi connectivity index (χ1v) is 12.2. The van der Waals surface area contributed by atoms with Crippen molar-refractivity contribution in [1.82, 2.24) is 14.9 Å². The van der Waals surface area contributed by atoms with Gasteiger partial charge in [0.15, 0.2) is 0 Å². The van der Waals surface area contributed by atoms with Gasteiger partial charge in [0.05, 0.1) is 25.2 Å². The fourth-order valence-electron chi connectivity index (χ4n) is 4.00. The summed E-state index contributed by atoms with van der Waals surface area (Å²) < 4.78 is 38.0. The van der Waals surface area contributed by atoms with Crippen LogP contribution in [0.5, 0.6) is 5.75 Å². The molecule has 3 rings (SSSR count). The minimum Gasteiger partial charge on any atom is -0.497 e. The summed E-state index contributed by atoms with van der Waals surface area (Å²) in [5.74, 6) is 1.04. The van der Waals surface area contributed by atoms with Crippen LogP contribution >= 0.6 is 0 Å². The van der Waals surface area contributed by atoms with E-state index in [1.165, 1.54) is 0 Å². The van der Waals surface area contributed by atoms with E-state index in [0.717, 1.165) is 58.5 Å². The molecule has 0 aromatic heterocycles. The highest BCUT2D eigenvalue weighted by molar-refractivity contribution is 7.89. The second kappa shape index (κ2) is 11.1. The molecule has 0 unspecified atom stereocenters. The molecule has 2 fully saturated rings. The fourth-order valence-corrected chi connectivity index (χ4v) is 5.12. The van der Waals surface area contributed by atoms with Crippen molar-refractivity contribution in [3.63, 3.8) is 0 Å². The van der Waals surface area contributed by atoms with Crippen LogP contribution < -0.4 is 14.8 Å². The Morgan fingerprint density at radius 1 is 1.13 bits per heavy atom. The number of hydrogen-bond acceptors (Lipinski definition) is 6. The van der Waals surface area contributed by atoms with E-state index < -0.39 is 10.0 Å². The summed E-state index contributed by atoms with van der Waals surface area (Å²) >= 11 is 0. The maximum Gasteiger partial charge on any atom is 0.240 e. The van der Waals surface area contributed by atoms with Gasteiger partial charge < -0.3 is 14.8 Å². The number of carbonyl (C=O) groups is 1. The highest BCUT2D eigenvalue weighted by atomic mass is 32.2. The van der Waals surface area contributed by atoms with E-state index in [0.29, 0.717) is 18.8 Å². The molecule has 8 nitrogen and oxygen atoms in total. The molecule has 0 bridgehead atoms. The lowest BCUT2D eigenvalue weighted by Gasteiger charge is -2.29. The van der Waals surface area contributed by atoms with Crippen LogP contribution in [0.4, 0.5) is 0 Å². The van der Waals surface area contributed by atoms with Gasteiger partial charge in [0.1, 0.15) is 5.75 Å². The summed E-state index contributed by atoms with van der Waals surface area (Å²) in [5.41, 5.74) is 0. The fraction of sp³-hybridized carbons (Fsp3) is 0.667. The molecule has 1 saturated heterocycles. The maximum absolute atomic E-state index is 12.5. The number of hydrogen-bond donors (Lipinski definition) is 2. The summed E-state index contributed by atoms with van der Waals surface area (Å²) in [6, 6.07) is 6.35. The van der Waals surface area contributed by atoms with Crippen LogP contribution in [0.3, 0.4) is 0 Å². The van der Waals surface area contributed by atoms with Crippen LogP contribution in [-0.2, 0) is 19.6 Å². The van der Waals surface area contributed by atoms with Crippen LogP contribution in [0.15, 0.2) is 29.2 Å². The molecule has 0 atom stereocenters. The lowest BCUT2D eigenvalue weighted by Crippen LogP contribution is -2.43. The molecular weight excluding hydrogens is 406 g/mol. The van der Waals surface area contributed by atoms with Crippen molar-refractivity contribution in [2.75, 3.05) is 53.0 Å². The number of morpholine rings is 1. The first-order chi connectivity index (χ1) is 14.5. The molecule has 1 heterocycles. The zero-order chi connectivity index (χ0) is 21.4.